The summed E-state index contributed by atoms with van der Waals surface area (Å²) in [7, 11) is 0. The number of pyridine rings is 1. The van der Waals surface area contributed by atoms with E-state index in [2.05, 4.69) is 42.8 Å². The van der Waals surface area contributed by atoms with Crippen molar-refractivity contribution >= 4 is 28.0 Å². The molecule has 0 N–H and O–H groups in total. The largest absolute Gasteiger partial charge is 0.264 e. The van der Waals surface area contributed by atoms with Crippen LogP contribution in [0.15, 0.2) is 54.7 Å². The van der Waals surface area contributed by atoms with E-state index < -0.39 is 0 Å². The average Bonchev–Trinajstić information content (AvgIpc) is 2.86. The van der Waals surface area contributed by atoms with Crippen molar-refractivity contribution in [2.75, 3.05) is 0 Å². The van der Waals surface area contributed by atoms with Crippen LogP contribution in [0.4, 0.5) is 0 Å². The molecule has 0 aliphatic rings. The summed E-state index contributed by atoms with van der Waals surface area (Å²) >= 11 is 3.44. The van der Waals surface area contributed by atoms with Gasteiger partial charge in [0.15, 0.2) is 0 Å². The molecule has 0 aromatic carbocycles. The number of hydrogen-bond acceptors (Lipinski definition) is 3. The molecular formula is C14H13NS2. The smallest absolute Gasteiger partial charge is 0.0412 e. The number of thiophene rings is 1. The lowest BCUT2D eigenvalue weighted by Crippen LogP contribution is -1.72. The van der Waals surface area contributed by atoms with E-state index in [1.54, 1.807) is 29.3 Å². The van der Waals surface area contributed by atoms with E-state index in [0.717, 1.165) is 0 Å². The second-order valence-corrected chi connectivity index (χ2v) is 5.44. The topological polar surface area (TPSA) is 12.9 Å². The molecule has 2 aromatic rings. The predicted octanol–water partition coefficient (Wildman–Crippen LogP) is 5.05. The van der Waals surface area contributed by atoms with Crippen molar-refractivity contribution in [3.63, 3.8) is 0 Å². The monoisotopic (exact) mass is 259 g/mol. The molecule has 1 nitrogen and oxygen atoms in total. The first-order valence-corrected chi connectivity index (χ1v) is 6.99. The second-order valence-electron chi connectivity index (χ2n) is 3.34. The molecule has 17 heavy (non-hydrogen) atoms. The van der Waals surface area contributed by atoms with Crippen LogP contribution >= 0.6 is 23.1 Å². The van der Waals surface area contributed by atoms with Gasteiger partial charge in [-0.2, -0.15) is 0 Å². The highest BCUT2D eigenvalue weighted by atomic mass is 32.2. The fourth-order valence-corrected chi connectivity index (χ4v) is 3.23. The number of nitrogens with zero attached hydrogens (tertiary/aromatic N) is 1. The number of rotatable bonds is 4. The molecule has 2 heterocycles. The fraction of sp³-hybridized carbons (Fsp3) is 0.0714. The van der Waals surface area contributed by atoms with Crippen molar-refractivity contribution in [3.8, 4) is 10.4 Å². The summed E-state index contributed by atoms with van der Waals surface area (Å²) in [5.74, 6) is 0. The number of aromatic nitrogens is 1. The molecule has 0 unspecified atom stereocenters. The highest BCUT2D eigenvalue weighted by Gasteiger charge is 2.06. The van der Waals surface area contributed by atoms with Crippen LogP contribution in [0.3, 0.4) is 0 Å². The molecule has 3 heteroatoms. The van der Waals surface area contributed by atoms with E-state index in [0.29, 0.717) is 0 Å². The molecule has 0 fully saturated rings. The Morgan fingerprint density at radius 2 is 2.29 bits per heavy atom. The van der Waals surface area contributed by atoms with Crippen molar-refractivity contribution in [3.05, 3.63) is 59.6 Å². The third-order valence-electron chi connectivity index (χ3n) is 2.27. The van der Waals surface area contributed by atoms with Crippen LogP contribution in [0.1, 0.15) is 11.8 Å². The molecule has 0 saturated carbocycles. The maximum Gasteiger partial charge on any atom is 0.0412 e. The highest BCUT2D eigenvalue weighted by Crippen LogP contribution is 2.36. The molecule has 2 rings (SSSR count). The van der Waals surface area contributed by atoms with E-state index >= 15 is 0 Å². The van der Waals surface area contributed by atoms with Gasteiger partial charge in [-0.3, -0.25) is 4.98 Å². The first-order chi connectivity index (χ1) is 8.35. The standard InChI is InChI=1S/C14H13NS2/c1-3-12(16-4-2)14-8-7-13(17-14)11-6-5-9-15-10-11/h3-10H,2H2,1H3/b12-3-. The Morgan fingerprint density at radius 1 is 1.41 bits per heavy atom. The van der Waals surface area contributed by atoms with Crippen LogP contribution in [0.25, 0.3) is 15.3 Å². The van der Waals surface area contributed by atoms with Gasteiger partial charge in [-0.05, 0) is 30.5 Å². The van der Waals surface area contributed by atoms with Gasteiger partial charge in [0.25, 0.3) is 0 Å². The Labute approximate surface area is 110 Å². The maximum atomic E-state index is 4.14. The van der Waals surface area contributed by atoms with Crippen LogP contribution in [0.2, 0.25) is 0 Å². The third-order valence-corrected chi connectivity index (χ3v) is 4.44. The predicted molar refractivity (Wildman–Crippen MR) is 79.0 cm³/mol. The summed E-state index contributed by atoms with van der Waals surface area (Å²) in [5.41, 5.74) is 1.17. The van der Waals surface area contributed by atoms with Crippen molar-refractivity contribution in [2.24, 2.45) is 0 Å². The summed E-state index contributed by atoms with van der Waals surface area (Å²) in [6.07, 6.45) is 5.81. The summed E-state index contributed by atoms with van der Waals surface area (Å²) < 4.78 is 0. The zero-order chi connectivity index (χ0) is 12.1. The van der Waals surface area contributed by atoms with Gasteiger partial charge in [-0.25, -0.2) is 0 Å². The van der Waals surface area contributed by atoms with Crippen LogP contribution in [-0.2, 0) is 0 Å². The molecule has 0 bridgehead atoms. The van der Waals surface area contributed by atoms with Crippen molar-refractivity contribution in [1.82, 2.24) is 4.98 Å². The zero-order valence-electron chi connectivity index (χ0n) is 9.59. The van der Waals surface area contributed by atoms with Gasteiger partial charge >= 0.3 is 0 Å². The number of allylic oxidation sites excluding steroid dienone is 1. The lowest BCUT2D eigenvalue weighted by molar-refractivity contribution is 1.33. The Balaban J connectivity index is 2.30. The van der Waals surface area contributed by atoms with E-state index in [4.69, 9.17) is 0 Å². The minimum Gasteiger partial charge on any atom is -0.264 e. The van der Waals surface area contributed by atoms with Crippen molar-refractivity contribution in [1.29, 1.82) is 0 Å². The van der Waals surface area contributed by atoms with Gasteiger partial charge in [-0.1, -0.05) is 30.5 Å². The Morgan fingerprint density at radius 3 is 2.94 bits per heavy atom. The van der Waals surface area contributed by atoms with Gasteiger partial charge in [0, 0.05) is 32.6 Å². The molecule has 0 radical (unpaired) electrons. The Hall–Kier alpha value is -1.32. The van der Waals surface area contributed by atoms with E-state index in [1.165, 1.54) is 20.2 Å². The summed E-state index contributed by atoms with van der Waals surface area (Å²) in [6, 6.07) is 8.34. The quantitative estimate of drug-likeness (QED) is 0.762. The minimum atomic E-state index is 1.17. The molecule has 0 amide bonds. The molecule has 86 valence electrons. The van der Waals surface area contributed by atoms with Crippen LogP contribution in [0.5, 0.6) is 0 Å². The maximum absolute atomic E-state index is 4.14. The van der Waals surface area contributed by atoms with Gasteiger partial charge in [0.2, 0.25) is 0 Å². The fourth-order valence-electron chi connectivity index (χ4n) is 1.49. The first-order valence-electron chi connectivity index (χ1n) is 5.29. The van der Waals surface area contributed by atoms with Crippen molar-refractivity contribution < 1.29 is 0 Å². The van der Waals surface area contributed by atoms with Crippen molar-refractivity contribution in [2.45, 2.75) is 6.92 Å². The van der Waals surface area contributed by atoms with Crippen LogP contribution in [-0.4, -0.2) is 4.98 Å². The molecular weight excluding hydrogens is 246 g/mol. The first kappa shape index (κ1) is 12.1. The summed E-state index contributed by atoms with van der Waals surface area (Å²) in [4.78, 5) is 7.91. The van der Waals surface area contributed by atoms with E-state index in [9.17, 15) is 0 Å². The van der Waals surface area contributed by atoms with Gasteiger partial charge in [0.05, 0.1) is 0 Å². The molecule has 0 aliphatic carbocycles. The molecule has 0 spiro atoms. The normalized spacial score (nSPS) is 11.5. The zero-order valence-corrected chi connectivity index (χ0v) is 11.2. The molecule has 0 aliphatic heterocycles. The SMILES string of the molecule is C=CS/C(=C\C)c1ccc(-c2cccnc2)s1. The van der Waals surface area contributed by atoms with E-state index in [-0.39, 0.29) is 0 Å². The van der Waals surface area contributed by atoms with Gasteiger partial charge < -0.3 is 0 Å². The van der Waals surface area contributed by atoms with Crippen LogP contribution in [0, 0.1) is 0 Å². The average molecular weight is 259 g/mol. The number of thioether (sulfide) groups is 1. The Kier molecular flexibility index (Phi) is 4.18. The number of hydrogen-bond donors (Lipinski definition) is 0. The molecule has 0 atom stereocenters. The van der Waals surface area contributed by atoms with Gasteiger partial charge in [0.1, 0.15) is 0 Å². The second kappa shape index (κ2) is 5.84. The Bertz CT molecular complexity index is 526. The lowest BCUT2D eigenvalue weighted by atomic mass is 10.2. The minimum absolute atomic E-state index is 1.17. The lowest BCUT2D eigenvalue weighted by Gasteiger charge is -1.98. The van der Waals surface area contributed by atoms with E-state index in [1.807, 2.05) is 17.7 Å². The van der Waals surface area contributed by atoms with Crippen LogP contribution < -0.4 is 0 Å². The highest BCUT2D eigenvalue weighted by molar-refractivity contribution is 8.11. The third kappa shape index (κ3) is 2.87. The summed E-state index contributed by atoms with van der Waals surface area (Å²) in [6.45, 7) is 5.81. The molecule has 2 aromatic heterocycles. The summed E-state index contributed by atoms with van der Waals surface area (Å²) in [5, 5.41) is 1.86. The van der Waals surface area contributed by atoms with Gasteiger partial charge in [-0.15, -0.1) is 11.3 Å². The molecule has 0 saturated heterocycles.